The largest absolute Gasteiger partial charge is 0.477 e. The molecular formula is C10H15N5O. The van der Waals surface area contributed by atoms with E-state index in [1.54, 1.807) is 6.20 Å². The quantitative estimate of drug-likeness (QED) is 0.747. The molecule has 0 aliphatic heterocycles. The summed E-state index contributed by atoms with van der Waals surface area (Å²) in [6.45, 7) is 2.79. The van der Waals surface area contributed by atoms with Crippen LogP contribution in [0.4, 0.5) is 5.95 Å². The minimum Gasteiger partial charge on any atom is -0.477 e. The van der Waals surface area contributed by atoms with Crippen LogP contribution in [0.15, 0.2) is 6.20 Å². The second-order valence-corrected chi connectivity index (χ2v) is 3.57. The number of aromatic nitrogens is 4. The zero-order valence-electron chi connectivity index (χ0n) is 9.23. The van der Waals surface area contributed by atoms with E-state index < -0.39 is 0 Å². The number of fused-ring (bicyclic) bond motifs is 1. The Kier molecular flexibility index (Phi) is 3.19. The van der Waals surface area contributed by atoms with Gasteiger partial charge >= 0.3 is 0 Å². The molecule has 16 heavy (non-hydrogen) atoms. The number of ether oxygens (including phenoxy) is 1. The molecule has 0 radical (unpaired) electrons. The minimum absolute atomic E-state index is 0.197. The predicted molar refractivity (Wildman–Crippen MR) is 61.1 cm³/mol. The lowest BCUT2D eigenvalue weighted by Gasteiger charge is -2.05. The normalized spacial score (nSPS) is 10.8. The summed E-state index contributed by atoms with van der Waals surface area (Å²) < 4.78 is 5.57. The second-order valence-electron chi connectivity index (χ2n) is 3.57. The Labute approximate surface area is 93.2 Å². The highest BCUT2D eigenvalue weighted by Gasteiger charge is 2.08. The molecule has 0 aliphatic rings. The second kappa shape index (κ2) is 4.78. The van der Waals surface area contributed by atoms with E-state index in [2.05, 4.69) is 27.1 Å². The van der Waals surface area contributed by atoms with Crippen molar-refractivity contribution >= 4 is 17.0 Å². The summed E-state index contributed by atoms with van der Waals surface area (Å²) in [6.07, 6.45) is 4.97. The Balaban J connectivity index is 2.12. The van der Waals surface area contributed by atoms with Gasteiger partial charge in [-0.25, -0.2) is 0 Å². The molecule has 2 heterocycles. The van der Waals surface area contributed by atoms with Gasteiger partial charge < -0.3 is 10.5 Å². The van der Waals surface area contributed by atoms with Gasteiger partial charge in [-0.05, 0) is 6.42 Å². The van der Waals surface area contributed by atoms with E-state index in [0.29, 0.717) is 18.1 Å². The van der Waals surface area contributed by atoms with Gasteiger partial charge in [-0.2, -0.15) is 15.1 Å². The maximum atomic E-state index is 5.57. The maximum absolute atomic E-state index is 5.57. The van der Waals surface area contributed by atoms with Crippen LogP contribution in [-0.2, 0) is 0 Å². The molecular weight excluding hydrogens is 206 g/mol. The number of nitrogens with zero attached hydrogens (tertiary/aromatic N) is 3. The van der Waals surface area contributed by atoms with Gasteiger partial charge in [-0.3, -0.25) is 5.10 Å². The van der Waals surface area contributed by atoms with Gasteiger partial charge in [0.25, 0.3) is 0 Å². The number of nitrogens with one attached hydrogen (secondary N) is 1. The molecule has 0 bridgehead atoms. The van der Waals surface area contributed by atoms with Gasteiger partial charge in [-0.15, -0.1) is 0 Å². The Morgan fingerprint density at radius 1 is 1.38 bits per heavy atom. The van der Waals surface area contributed by atoms with Gasteiger partial charge in [0.05, 0.1) is 12.8 Å². The predicted octanol–water partition coefficient (Wildman–Crippen LogP) is 1.50. The summed E-state index contributed by atoms with van der Waals surface area (Å²) in [4.78, 5) is 8.06. The maximum Gasteiger partial charge on any atom is 0.229 e. The van der Waals surface area contributed by atoms with Crippen LogP contribution in [0.5, 0.6) is 5.88 Å². The van der Waals surface area contributed by atoms with Crippen molar-refractivity contribution in [1.29, 1.82) is 0 Å². The van der Waals surface area contributed by atoms with Crippen LogP contribution in [0.1, 0.15) is 26.2 Å². The van der Waals surface area contributed by atoms with Gasteiger partial charge in [0.2, 0.25) is 11.8 Å². The van der Waals surface area contributed by atoms with Gasteiger partial charge in [0.1, 0.15) is 5.39 Å². The molecule has 0 saturated carbocycles. The first-order valence-corrected chi connectivity index (χ1v) is 5.40. The van der Waals surface area contributed by atoms with Crippen LogP contribution < -0.4 is 10.5 Å². The van der Waals surface area contributed by atoms with E-state index in [0.717, 1.165) is 24.6 Å². The number of nitrogens with two attached hydrogens (primary N) is 1. The molecule has 0 atom stereocenters. The molecule has 0 unspecified atom stereocenters. The molecule has 0 saturated heterocycles. The smallest absolute Gasteiger partial charge is 0.229 e. The van der Waals surface area contributed by atoms with Crippen molar-refractivity contribution in [2.24, 2.45) is 0 Å². The standard InChI is InChI=1S/C10H15N5O/c1-2-3-4-5-16-9-7-6-12-15-8(7)13-10(11)14-9/h6H,2-5H2,1H3,(H3,11,12,13,14,15). The van der Waals surface area contributed by atoms with E-state index in [1.807, 2.05) is 0 Å². The lowest BCUT2D eigenvalue weighted by molar-refractivity contribution is 0.299. The van der Waals surface area contributed by atoms with E-state index >= 15 is 0 Å². The van der Waals surface area contributed by atoms with E-state index in [9.17, 15) is 0 Å². The fourth-order valence-electron chi connectivity index (χ4n) is 1.46. The van der Waals surface area contributed by atoms with Gasteiger partial charge in [-0.1, -0.05) is 19.8 Å². The SMILES string of the molecule is CCCCCOc1nc(N)nc2[nH]ncc12. The number of hydrogen-bond donors (Lipinski definition) is 2. The highest BCUT2D eigenvalue weighted by molar-refractivity contribution is 5.80. The Bertz CT molecular complexity index is 467. The molecule has 2 rings (SSSR count). The molecule has 2 aromatic rings. The zero-order valence-corrected chi connectivity index (χ0v) is 9.23. The molecule has 3 N–H and O–H groups in total. The third-order valence-electron chi connectivity index (χ3n) is 2.28. The molecule has 0 aliphatic carbocycles. The third-order valence-corrected chi connectivity index (χ3v) is 2.28. The summed E-state index contributed by atoms with van der Waals surface area (Å²) in [5.41, 5.74) is 6.17. The first-order valence-electron chi connectivity index (χ1n) is 5.40. The van der Waals surface area contributed by atoms with Crippen molar-refractivity contribution in [3.05, 3.63) is 6.20 Å². The number of nitrogen functional groups attached to an aromatic ring is 1. The number of H-pyrrole nitrogens is 1. The average Bonchev–Trinajstić information content (AvgIpc) is 2.72. The number of aromatic amines is 1. The Hall–Kier alpha value is -1.85. The summed E-state index contributed by atoms with van der Waals surface area (Å²) >= 11 is 0. The van der Waals surface area contributed by atoms with Crippen molar-refractivity contribution in [2.75, 3.05) is 12.3 Å². The highest BCUT2D eigenvalue weighted by atomic mass is 16.5. The molecule has 0 aromatic carbocycles. The van der Waals surface area contributed by atoms with Crippen molar-refractivity contribution in [3.8, 4) is 5.88 Å². The van der Waals surface area contributed by atoms with Crippen molar-refractivity contribution in [1.82, 2.24) is 20.2 Å². The van der Waals surface area contributed by atoms with Crippen LogP contribution in [0.25, 0.3) is 11.0 Å². The molecule has 0 spiro atoms. The van der Waals surface area contributed by atoms with Crippen LogP contribution >= 0.6 is 0 Å². The van der Waals surface area contributed by atoms with Gasteiger partial charge in [0.15, 0.2) is 5.65 Å². The molecule has 0 fully saturated rings. The van der Waals surface area contributed by atoms with Crippen LogP contribution in [0.3, 0.4) is 0 Å². The van der Waals surface area contributed by atoms with Crippen molar-refractivity contribution in [3.63, 3.8) is 0 Å². The fraction of sp³-hybridized carbons (Fsp3) is 0.500. The van der Waals surface area contributed by atoms with Crippen molar-refractivity contribution < 1.29 is 4.74 Å². The van der Waals surface area contributed by atoms with Crippen molar-refractivity contribution in [2.45, 2.75) is 26.2 Å². The lowest BCUT2D eigenvalue weighted by Crippen LogP contribution is -2.02. The van der Waals surface area contributed by atoms with Crippen LogP contribution in [0.2, 0.25) is 0 Å². The van der Waals surface area contributed by atoms with Gasteiger partial charge in [0, 0.05) is 0 Å². The molecule has 6 nitrogen and oxygen atoms in total. The summed E-state index contributed by atoms with van der Waals surface area (Å²) in [5, 5.41) is 7.39. The van der Waals surface area contributed by atoms with E-state index in [1.165, 1.54) is 0 Å². The average molecular weight is 221 g/mol. The number of hydrogen-bond acceptors (Lipinski definition) is 5. The molecule has 0 amide bonds. The highest BCUT2D eigenvalue weighted by Crippen LogP contribution is 2.21. The Morgan fingerprint density at radius 3 is 3.06 bits per heavy atom. The van der Waals surface area contributed by atoms with E-state index in [4.69, 9.17) is 10.5 Å². The molecule has 86 valence electrons. The fourth-order valence-corrected chi connectivity index (χ4v) is 1.46. The van der Waals surface area contributed by atoms with Crippen LogP contribution in [0, 0.1) is 0 Å². The summed E-state index contributed by atoms with van der Waals surface area (Å²) in [5.74, 6) is 0.703. The summed E-state index contributed by atoms with van der Waals surface area (Å²) in [7, 11) is 0. The summed E-state index contributed by atoms with van der Waals surface area (Å²) in [6, 6.07) is 0. The van der Waals surface area contributed by atoms with Crippen LogP contribution in [-0.4, -0.2) is 26.8 Å². The first-order chi connectivity index (χ1) is 7.81. The minimum atomic E-state index is 0.197. The Morgan fingerprint density at radius 2 is 2.25 bits per heavy atom. The zero-order chi connectivity index (χ0) is 11.4. The third kappa shape index (κ3) is 2.21. The molecule has 2 aromatic heterocycles. The number of rotatable bonds is 5. The first kappa shape index (κ1) is 10.7. The van der Waals surface area contributed by atoms with E-state index in [-0.39, 0.29) is 5.95 Å². The topological polar surface area (TPSA) is 89.7 Å². The lowest BCUT2D eigenvalue weighted by atomic mass is 10.3. The number of anilines is 1. The molecule has 6 heteroatoms. The number of unbranched alkanes of at least 4 members (excludes halogenated alkanes) is 2. The monoisotopic (exact) mass is 221 g/mol.